The molecule has 9 aromatic carbocycles. The molecule has 8 aliphatic heterocycles. The van der Waals surface area contributed by atoms with Gasteiger partial charge in [0.15, 0.2) is 0 Å². The summed E-state index contributed by atoms with van der Waals surface area (Å²) < 4.78 is 27.1. The maximum atomic E-state index is 13.9. The number of nitrogens with zero attached hydrogens (tertiary/aromatic N) is 13. The smallest absolute Gasteiger partial charge is 0.660 e. The molecule has 5 unspecified atom stereocenters. The van der Waals surface area contributed by atoms with Gasteiger partial charge in [-0.3, -0.25) is 14.7 Å². The molecule has 16 aromatic rings. The Morgan fingerprint density at radius 2 is 1.08 bits per heavy atom. The summed E-state index contributed by atoms with van der Waals surface area (Å²) in [5.41, 5.74) is 32.2. The summed E-state index contributed by atoms with van der Waals surface area (Å²) in [6.07, 6.45) is 38.3. The van der Waals surface area contributed by atoms with Gasteiger partial charge in [0, 0.05) is 99.7 Å². The number of aromatic nitrogens is 10. The Morgan fingerprint density at radius 1 is 0.485 bits per heavy atom. The van der Waals surface area contributed by atoms with Crippen molar-refractivity contribution in [3.05, 3.63) is 293 Å². The first-order valence-corrected chi connectivity index (χ1v) is 46.0. The third kappa shape index (κ3) is 12.3. The topological polar surface area (TPSA) is 208 Å². The molecule has 0 amide bonds. The standard InChI is InChI=1S/C110H89N13O5.2Zn/c1-57-73-22-24-75(114-73)66-12-8-46-125-43-4-5-44-126-47-9-13-67-76-26-32-83(116-76)90(58-15-17-59(18-16-58)108-97-71-55-65-53-63-51-61-20-19-60-50-62-52-64-54-70(72(97)56-123(108)3)98-99(71)105-96(65)94(63)103-92(61)91(60)102-93(62)95(64)104(98)107(105)106(102)103)84-33-27-77(117-84)68(79-29-35-86(119-79)100(85-34-28-78(67)118-85)109-111-39-11-40-112-109)14-10-48-127-45-6-7-49-128-89(124)38-21-69(81-25-23-74(57)115-81)82-31-37-88(121-82)101(87-36-30-80(66)120-87)110-113-41-42-122(110)2;;/h4-7,11,15-18,22-27,29-33,35-37,39-42,50-51,54-55,72,85,97,100,108H,8-10,12-14,19-21,28,34,38,43-49,52-53,56H2,1-3H3;;/q-4;2*+2/b5-4-,7-6-,73-57?,74-57?,75-66?,80-66?,81-69?,82-69?,101-87?,101-88?;;. The van der Waals surface area contributed by atoms with Crippen LogP contribution in [-0.2, 0) is 108 Å². The second kappa shape index (κ2) is 31.3. The monoisotopic (exact) mass is 1800 g/mol. The summed E-state index contributed by atoms with van der Waals surface area (Å²) in [6, 6.07) is 39.1. The second-order valence-corrected chi connectivity index (χ2v) is 37.0. The number of likely N-dealkylation sites (tertiary alicyclic amines) is 1. The van der Waals surface area contributed by atoms with Gasteiger partial charge >= 0.3 is 44.9 Å². The van der Waals surface area contributed by atoms with Gasteiger partial charge in [-0.2, -0.15) is 0 Å². The molecule has 0 N–H and O–H groups in total. The molecule has 12 aliphatic rings. The van der Waals surface area contributed by atoms with Gasteiger partial charge in [-0.05, 0) is 310 Å². The van der Waals surface area contributed by atoms with Crippen molar-refractivity contribution in [3.63, 3.8) is 0 Å². The quantitative estimate of drug-likeness (QED) is 0.0695. The maximum absolute atomic E-state index is 13.9. The van der Waals surface area contributed by atoms with E-state index in [0.717, 1.165) is 181 Å². The van der Waals surface area contributed by atoms with Crippen LogP contribution < -0.4 is 30.6 Å². The number of fused-ring (bicyclic) bond motifs is 26. The first kappa shape index (κ1) is 80.0. The Labute approximate surface area is 775 Å². The van der Waals surface area contributed by atoms with Crippen molar-refractivity contribution in [1.29, 1.82) is 0 Å². The molecule has 4 aliphatic carbocycles. The molecule has 7 aromatic heterocycles. The van der Waals surface area contributed by atoms with Crippen LogP contribution in [0.3, 0.4) is 0 Å². The molecule has 0 spiro atoms. The van der Waals surface area contributed by atoms with E-state index in [9.17, 15) is 4.79 Å². The number of hydrogen-bond acceptors (Lipinski definition) is 13. The average Bonchev–Trinajstić information content (AvgIpc) is 1.46. The minimum absolute atomic E-state index is 0. The first-order chi connectivity index (χ1) is 63.1. The van der Waals surface area contributed by atoms with Gasteiger partial charge in [0.2, 0.25) is 0 Å². The predicted octanol–water partition coefficient (Wildman–Crippen LogP) is 18.3. The van der Waals surface area contributed by atoms with Gasteiger partial charge in [0.25, 0.3) is 0 Å². The number of aliphatic imine (C=N–C) groups is 2. The number of hydrogen-bond donors (Lipinski definition) is 0. The van der Waals surface area contributed by atoms with Crippen molar-refractivity contribution >= 4 is 156 Å². The van der Waals surface area contributed by atoms with Gasteiger partial charge in [-0.15, -0.1) is 44.2 Å². The molecule has 130 heavy (non-hydrogen) atoms. The van der Waals surface area contributed by atoms with Crippen molar-refractivity contribution in [3.8, 4) is 11.4 Å². The zero-order chi connectivity index (χ0) is 84.4. The number of rotatable bonds is 4. The molecule has 1 saturated heterocycles. The van der Waals surface area contributed by atoms with E-state index in [1.54, 1.807) is 121 Å². The summed E-state index contributed by atoms with van der Waals surface area (Å²) in [7, 11) is 4.37. The first-order valence-electron chi connectivity index (χ1n) is 46.0. The molecule has 20 bridgehead atoms. The minimum atomic E-state index is -0.337. The number of likely N-dealkylation sites (N-methyl/N-ethyl adjacent to an activating group) is 1. The van der Waals surface area contributed by atoms with Gasteiger partial charge in [-0.1, -0.05) is 115 Å². The van der Waals surface area contributed by atoms with Crippen LogP contribution in [0.25, 0.3) is 150 Å². The molecule has 0 radical (unpaired) electrons. The minimum Gasteiger partial charge on any atom is -0.660 e. The van der Waals surface area contributed by atoms with E-state index in [0.29, 0.717) is 94.9 Å². The van der Waals surface area contributed by atoms with Crippen LogP contribution in [0.4, 0.5) is 0 Å². The van der Waals surface area contributed by atoms with E-state index in [4.69, 9.17) is 73.8 Å². The van der Waals surface area contributed by atoms with Crippen molar-refractivity contribution in [1.82, 2.24) is 54.3 Å². The van der Waals surface area contributed by atoms with E-state index < -0.39 is 0 Å². The van der Waals surface area contributed by atoms with Crippen molar-refractivity contribution in [2.75, 3.05) is 59.8 Å². The number of imidazole rings is 1. The van der Waals surface area contributed by atoms with Crippen molar-refractivity contribution in [2.45, 2.75) is 127 Å². The van der Waals surface area contributed by atoms with Crippen molar-refractivity contribution < 1.29 is 62.7 Å². The molecule has 28 rings (SSSR count). The fourth-order valence-electron chi connectivity index (χ4n) is 24.6. The summed E-state index contributed by atoms with van der Waals surface area (Å²) in [4.78, 5) is 75.3. The van der Waals surface area contributed by atoms with Gasteiger partial charge < -0.3 is 43.5 Å². The molecule has 18 nitrogen and oxygen atoms in total. The number of carbonyl (C=O) groups excluding carboxylic acids is 1. The third-order valence-electron chi connectivity index (χ3n) is 30.0. The summed E-state index contributed by atoms with van der Waals surface area (Å²) in [5.74, 6) is 1.37. The second-order valence-electron chi connectivity index (χ2n) is 37.0. The SMILES string of the molecule is Cc1c2nc(c3c4ccc([n-]4)c(-c4nccn4C)c4nc(c(c5ccc1[n-]5)CCC(=O)OC/C=C\COCCC/C1=C5\C=CC(=N5)/C(c5ccc(C6C7c8cc9c%10c%11c(cc%12c%13c%14c(cc%15c%16c%17c(cc(c%18c8c%10c(c%17%18)c(c%14%16)c%13%11)C7CN6C)C%15)CC%12)C9)cc5)=c5/cc/c([n-]5)=C(\CCCOC/C=C\COCCC3)C3=NC(CC3)C(c3ncccn3)c3ccc1[n-]3)C=C4)C=C2.[Zn+2].[Zn+2]. The molecule has 628 valence electrons. The van der Waals surface area contributed by atoms with Crippen LogP contribution in [-0.4, -0.2) is 118 Å². The molecule has 0 saturated carbocycles. The number of esters is 1. The number of allylic oxidation sites excluding steroid dienone is 3. The zero-order valence-electron chi connectivity index (χ0n) is 73.1. The molecule has 1 fully saturated rings. The largest absolute Gasteiger partial charge is 2.00 e. The van der Waals surface area contributed by atoms with Gasteiger partial charge in [-0.25, -0.2) is 29.9 Å². The molecule has 20 heteroatoms. The van der Waals surface area contributed by atoms with E-state index in [1.165, 1.54) is 11.1 Å². The van der Waals surface area contributed by atoms with Crippen LogP contribution in [0, 0.1) is 6.92 Å². The molecular formula is C110H89N13O5Zn2. The Bertz CT molecular complexity index is 8050. The summed E-state index contributed by atoms with van der Waals surface area (Å²) >= 11 is 0. The van der Waals surface area contributed by atoms with Crippen molar-refractivity contribution in [2.24, 2.45) is 17.0 Å². The Morgan fingerprint density at radius 3 is 1.78 bits per heavy atom. The molecular weight excluding hydrogens is 1710 g/mol. The fourth-order valence-corrected chi connectivity index (χ4v) is 24.6. The van der Waals surface area contributed by atoms with Gasteiger partial charge in [0.1, 0.15) is 18.3 Å². The van der Waals surface area contributed by atoms with E-state index in [1.807, 2.05) is 72.7 Å². The Hall–Kier alpha value is -12.1. The predicted molar refractivity (Wildman–Crippen MR) is 507 cm³/mol. The van der Waals surface area contributed by atoms with Crippen LogP contribution in [0.2, 0.25) is 0 Å². The van der Waals surface area contributed by atoms with Crippen LogP contribution >= 0.6 is 0 Å². The fraction of sp³-hybridized carbons (Fsp3) is 0.273. The van der Waals surface area contributed by atoms with Gasteiger partial charge in [0.05, 0.1) is 60.0 Å². The van der Waals surface area contributed by atoms with Crippen LogP contribution in [0.15, 0.2) is 180 Å². The van der Waals surface area contributed by atoms with E-state index in [2.05, 4.69) is 140 Å². The molecule has 15 heterocycles. The zero-order valence-corrected chi connectivity index (χ0v) is 79.0. The molecule has 5 atom stereocenters. The van der Waals surface area contributed by atoms with Crippen LogP contribution in [0.1, 0.15) is 187 Å². The summed E-state index contributed by atoms with van der Waals surface area (Å²) in [5, 5.41) is 23.8. The Balaban J connectivity index is 0.00000456. The number of benzene rings is 7. The van der Waals surface area contributed by atoms with E-state index >= 15 is 0 Å². The number of aryl methyl sites for hydroxylation is 6. The van der Waals surface area contributed by atoms with E-state index in [-0.39, 0.29) is 81.9 Å². The number of carbonyl (C=O) groups is 1. The third-order valence-corrected chi connectivity index (χ3v) is 30.0. The number of ether oxygens (including phenoxy) is 4. The summed E-state index contributed by atoms with van der Waals surface area (Å²) in [6.45, 7) is 5.89. The average molecular weight is 1800 g/mol. The maximum Gasteiger partial charge on any atom is 2.00 e. The van der Waals surface area contributed by atoms with Crippen LogP contribution in [0.5, 0.6) is 0 Å². The Kier molecular flexibility index (Phi) is 19.3. The normalized spacial score (nSPS) is 22.5.